The maximum Gasteiger partial charge on any atom is 0.403 e. The first-order valence-electron chi connectivity index (χ1n) is 2.97. The zero-order valence-corrected chi connectivity index (χ0v) is 6.67. The Morgan fingerprint density at radius 2 is 1.90 bits per heavy atom. The summed E-state index contributed by atoms with van der Waals surface area (Å²) in [5, 5.41) is 2.39. The first kappa shape index (κ1) is 8.33. The van der Waals surface area contributed by atoms with Crippen LogP contribution in [0.1, 0.15) is 12.8 Å². The van der Waals surface area contributed by atoms with Crippen molar-refractivity contribution in [2.24, 2.45) is 0 Å². The van der Waals surface area contributed by atoms with E-state index in [9.17, 15) is 13.2 Å². The summed E-state index contributed by atoms with van der Waals surface area (Å²) in [5.74, 6) is 0. The van der Waals surface area contributed by atoms with Crippen LogP contribution in [0.25, 0.3) is 0 Å². The van der Waals surface area contributed by atoms with E-state index in [-0.39, 0.29) is 11.4 Å². The predicted molar refractivity (Wildman–Crippen MR) is 34.9 cm³/mol. The highest BCUT2D eigenvalue weighted by Crippen LogP contribution is 2.29. The molecule has 2 atom stereocenters. The summed E-state index contributed by atoms with van der Waals surface area (Å²) in [5.41, 5.74) is 0. The molecule has 1 fully saturated rings. The van der Waals surface area contributed by atoms with E-state index in [4.69, 9.17) is 0 Å². The summed E-state index contributed by atoms with van der Waals surface area (Å²) in [4.78, 5) is -0.167. The van der Waals surface area contributed by atoms with Gasteiger partial charge in [-0.05, 0) is 12.8 Å². The minimum absolute atomic E-state index is 0.167. The van der Waals surface area contributed by atoms with Crippen LogP contribution in [0.2, 0.25) is 0 Å². The zero-order valence-electron chi connectivity index (χ0n) is 5.08. The lowest BCUT2D eigenvalue weighted by molar-refractivity contribution is -0.151. The second kappa shape index (κ2) is 2.70. The van der Waals surface area contributed by atoms with Crippen LogP contribution >= 0.6 is 15.9 Å². The minimum Gasteiger partial charge on any atom is -0.294 e. The molecule has 1 aliphatic rings. The van der Waals surface area contributed by atoms with E-state index in [2.05, 4.69) is 21.2 Å². The minimum atomic E-state index is -4.08. The molecule has 2 unspecified atom stereocenters. The number of rotatable bonds is 0. The molecule has 1 heterocycles. The molecule has 0 aromatic heterocycles. The highest BCUT2D eigenvalue weighted by atomic mass is 79.9. The third-order valence-electron chi connectivity index (χ3n) is 1.49. The lowest BCUT2D eigenvalue weighted by atomic mass is 10.2. The lowest BCUT2D eigenvalue weighted by Gasteiger charge is -2.14. The molecule has 0 bridgehead atoms. The van der Waals surface area contributed by atoms with E-state index < -0.39 is 12.2 Å². The lowest BCUT2D eigenvalue weighted by Crippen LogP contribution is -2.38. The monoisotopic (exact) mass is 217 g/mol. The van der Waals surface area contributed by atoms with Crippen LogP contribution in [-0.2, 0) is 0 Å². The topological polar surface area (TPSA) is 12.0 Å². The number of alkyl halides is 4. The molecule has 0 spiro atoms. The fourth-order valence-corrected chi connectivity index (χ4v) is 1.54. The van der Waals surface area contributed by atoms with E-state index in [1.807, 2.05) is 0 Å². The van der Waals surface area contributed by atoms with Crippen LogP contribution in [0.3, 0.4) is 0 Å². The van der Waals surface area contributed by atoms with E-state index in [1.165, 1.54) is 0 Å². The van der Waals surface area contributed by atoms with Gasteiger partial charge in [-0.25, -0.2) is 0 Å². The fraction of sp³-hybridized carbons (Fsp3) is 1.00. The van der Waals surface area contributed by atoms with Gasteiger partial charge in [0.05, 0.1) is 4.95 Å². The van der Waals surface area contributed by atoms with Gasteiger partial charge in [-0.1, -0.05) is 15.9 Å². The third-order valence-corrected chi connectivity index (χ3v) is 2.21. The molecule has 5 heteroatoms. The Morgan fingerprint density at radius 1 is 1.30 bits per heavy atom. The first-order valence-corrected chi connectivity index (χ1v) is 3.88. The molecule has 1 saturated heterocycles. The van der Waals surface area contributed by atoms with Gasteiger partial charge in [0.1, 0.15) is 6.04 Å². The van der Waals surface area contributed by atoms with Crippen LogP contribution in [0.15, 0.2) is 0 Å². The Balaban J connectivity index is 2.45. The summed E-state index contributed by atoms with van der Waals surface area (Å²) >= 11 is 3.06. The highest BCUT2D eigenvalue weighted by molar-refractivity contribution is 9.09. The van der Waals surface area contributed by atoms with Gasteiger partial charge in [-0.15, -0.1) is 0 Å². The molecule has 60 valence electrons. The summed E-state index contributed by atoms with van der Waals surface area (Å²) in [7, 11) is 0. The largest absolute Gasteiger partial charge is 0.403 e. The van der Waals surface area contributed by atoms with Crippen molar-refractivity contribution in [3.8, 4) is 0 Å². The molecule has 1 aliphatic heterocycles. The van der Waals surface area contributed by atoms with Crippen LogP contribution in [0, 0.1) is 0 Å². The standard InChI is InChI=1S/C5H7BrF3N/c6-4-2-1-3(10-4)5(7,8)9/h3-4,10H,1-2H2. The summed E-state index contributed by atoms with van der Waals surface area (Å²) in [6, 6.07) is -1.31. The van der Waals surface area contributed by atoms with Gasteiger partial charge in [-0.3, -0.25) is 5.32 Å². The quantitative estimate of drug-likeness (QED) is 0.484. The number of hydrogen-bond donors (Lipinski definition) is 1. The average molecular weight is 218 g/mol. The normalized spacial score (nSPS) is 34.8. The Morgan fingerprint density at radius 3 is 2.10 bits per heavy atom. The Kier molecular flexibility index (Phi) is 2.24. The van der Waals surface area contributed by atoms with E-state index in [1.54, 1.807) is 0 Å². The van der Waals surface area contributed by atoms with Gasteiger partial charge in [0.2, 0.25) is 0 Å². The molecule has 0 aliphatic carbocycles. The highest BCUT2D eigenvalue weighted by Gasteiger charge is 2.43. The van der Waals surface area contributed by atoms with Gasteiger partial charge in [0.15, 0.2) is 0 Å². The molecule has 10 heavy (non-hydrogen) atoms. The van der Waals surface area contributed by atoms with Crippen molar-refractivity contribution in [3.05, 3.63) is 0 Å². The van der Waals surface area contributed by atoms with Crippen molar-refractivity contribution in [3.63, 3.8) is 0 Å². The van der Waals surface area contributed by atoms with Crippen molar-refractivity contribution in [2.45, 2.75) is 30.0 Å². The summed E-state index contributed by atoms with van der Waals surface area (Å²) < 4.78 is 35.6. The maximum absolute atomic E-state index is 11.9. The van der Waals surface area contributed by atoms with Gasteiger partial charge in [-0.2, -0.15) is 13.2 Å². The average Bonchev–Trinajstić information content (AvgIpc) is 2.11. The molecular weight excluding hydrogens is 211 g/mol. The molecule has 1 nitrogen and oxygen atoms in total. The van der Waals surface area contributed by atoms with E-state index >= 15 is 0 Å². The molecule has 0 radical (unpaired) electrons. The molecular formula is C5H7BrF3N. The number of nitrogens with one attached hydrogen (secondary N) is 1. The Labute approximate surface area is 65.1 Å². The SMILES string of the molecule is FC(F)(F)C1CCC(Br)N1. The molecule has 1 N–H and O–H groups in total. The fourth-order valence-electron chi connectivity index (χ4n) is 0.956. The molecule has 0 amide bonds. The van der Waals surface area contributed by atoms with Gasteiger partial charge < -0.3 is 0 Å². The number of halogens is 4. The zero-order chi connectivity index (χ0) is 7.78. The Hall–Kier alpha value is 0.230. The van der Waals surface area contributed by atoms with Crippen molar-refractivity contribution >= 4 is 15.9 Å². The second-order valence-electron chi connectivity index (χ2n) is 2.31. The van der Waals surface area contributed by atoms with Crippen molar-refractivity contribution in [2.75, 3.05) is 0 Å². The van der Waals surface area contributed by atoms with Crippen molar-refractivity contribution in [1.82, 2.24) is 5.32 Å². The molecule has 0 aromatic rings. The smallest absolute Gasteiger partial charge is 0.294 e. The molecule has 0 aromatic carbocycles. The first-order chi connectivity index (χ1) is 4.50. The van der Waals surface area contributed by atoms with Crippen LogP contribution in [-0.4, -0.2) is 17.2 Å². The maximum atomic E-state index is 11.9. The summed E-state index contributed by atoms with van der Waals surface area (Å²) in [6.45, 7) is 0. The Bertz CT molecular complexity index is 125. The van der Waals surface area contributed by atoms with E-state index in [0.717, 1.165) is 0 Å². The molecule has 1 rings (SSSR count). The van der Waals surface area contributed by atoms with E-state index in [0.29, 0.717) is 6.42 Å². The third kappa shape index (κ3) is 1.85. The van der Waals surface area contributed by atoms with Crippen LogP contribution in [0.5, 0.6) is 0 Å². The van der Waals surface area contributed by atoms with Crippen LogP contribution in [0.4, 0.5) is 13.2 Å². The van der Waals surface area contributed by atoms with Gasteiger partial charge in [0.25, 0.3) is 0 Å². The summed E-state index contributed by atoms with van der Waals surface area (Å²) in [6.07, 6.45) is -3.36. The van der Waals surface area contributed by atoms with Crippen molar-refractivity contribution < 1.29 is 13.2 Å². The van der Waals surface area contributed by atoms with Gasteiger partial charge in [0, 0.05) is 0 Å². The van der Waals surface area contributed by atoms with Gasteiger partial charge >= 0.3 is 6.18 Å². The van der Waals surface area contributed by atoms with Crippen LogP contribution < -0.4 is 5.32 Å². The molecule has 0 saturated carbocycles. The van der Waals surface area contributed by atoms with Crippen molar-refractivity contribution in [1.29, 1.82) is 0 Å². The second-order valence-corrected chi connectivity index (χ2v) is 3.41. The number of hydrogen-bond acceptors (Lipinski definition) is 1. The predicted octanol–water partition coefficient (Wildman–Crippen LogP) is 2.02.